The minimum atomic E-state index is -0.540. The molecular formula is C25H24FNO6. The topological polar surface area (TPSA) is 83.1 Å². The van der Waals surface area contributed by atoms with Crippen LogP contribution in [0.1, 0.15) is 15.9 Å². The van der Waals surface area contributed by atoms with Gasteiger partial charge in [0.25, 0.3) is 5.91 Å². The fraction of sp³-hybridized carbons (Fsp3) is 0.200. The molecule has 0 radical (unpaired) electrons. The number of hydrogen-bond donors (Lipinski definition) is 1. The first-order valence-electron chi connectivity index (χ1n) is 10.2. The van der Waals surface area contributed by atoms with E-state index in [-0.39, 0.29) is 36.9 Å². The predicted molar refractivity (Wildman–Crippen MR) is 120 cm³/mol. The highest BCUT2D eigenvalue weighted by Gasteiger charge is 2.14. The van der Waals surface area contributed by atoms with Crippen molar-refractivity contribution in [2.24, 2.45) is 0 Å². The summed E-state index contributed by atoms with van der Waals surface area (Å²) in [5, 5.41) is 2.59. The van der Waals surface area contributed by atoms with Crippen LogP contribution >= 0.6 is 0 Å². The zero-order valence-electron chi connectivity index (χ0n) is 18.3. The van der Waals surface area contributed by atoms with Gasteiger partial charge in [-0.25, -0.2) is 9.18 Å². The smallest absolute Gasteiger partial charge is 0.338 e. The number of esters is 1. The first kappa shape index (κ1) is 23.6. The van der Waals surface area contributed by atoms with Gasteiger partial charge in [0.05, 0.1) is 12.7 Å². The van der Waals surface area contributed by atoms with Crippen LogP contribution in [0.3, 0.4) is 0 Å². The van der Waals surface area contributed by atoms with Crippen LogP contribution in [0.2, 0.25) is 0 Å². The summed E-state index contributed by atoms with van der Waals surface area (Å²) in [5.41, 5.74) is 1.79. The largest absolute Gasteiger partial charge is 0.493 e. The minimum absolute atomic E-state index is 0.0803. The lowest BCUT2D eigenvalue weighted by atomic mass is 10.2. The maximum absolute atomic E-state index is 12.9. The highest BCUT2D eigenvalue weighted by molar-refractivity contribution is 5.92. The second-order valence-electron chi connectivity index (χ2n) is 7.01. The van der Waals surface area contributed by atoms with Crippen LogP contribution in [0.5, 0.6) is 17.2 Å². The monoisotopic (exact) mass is 453 g/mol. The van der Waals surface area contributed by atoms with Gasteiger partial charge in [-0.1, -0.05) is 12.1 Å². The van der Waals surface area contributed by atoms with E-state index in [1.807, 2.05) is 31.2 Å². The third-order valence-electron chi connectivity index (χ3n) is 4.46. The van der Waals surface area contributed by atoms with E-state index in [1.165, 1.54) is 49.6 Å². The van der Waals surface area contributed by atoms with Crippen LogP contribution in [0.4, 0.5) is 10.1 Å². The number of rotatable bonds is 10. The molecule has 1 amide bonds. The fourth-order valence-corrected chi connectivity index (χ4v) is 2.87. The van der Waals surface area contributed by atoms with Crippen molar-refractivity contribution in [1.82, 2.24) is 0 Å². The second kappa shape index (κ2) is 11.5. The number of ether oxygens (including phenoxy) is 4. The number of anilines is 1. The molecular weight excluding hydrogens is 429 g/mol. The van der Waals surface area contributed by atoms with Crippen LogP contribution in [0.25, 0.3) is 0 Å². The molecule has 0 aliphatic heterocycles. The lowest BCUT2D eigenvalue weighted by molar-refractivity contribution is -0.118. The third kappa shape index (κ3) is 7.24. The second-order valence-corrected chi connectivity index (χ2v) is 7.01. The molecule has 3 aromatic carbocycles. The summed E-state index contributed by atoms with van der Waals surface area (Å²) in [4.78, 5) is 24.4. The first-order valence-corrected chi connectivity index (χ1v) is 10.2. The van der Waals surface area contributed by atoms with Crippen molar-refractivity contribution in [1.29, 1.82) is 0 Å². The SMILES string of the molecule is COc1cc(C(=O)OCCOc2cccc(C)c2)ccc1OCC(=O)Nc1ccc(F)cc1. The van der Waals surface area contributed by atoms with Gasteiger partial charge < -0.3 is 24.3 Å². The number of benzene rings is 3. The minimum Gasteiger partial charge on any atom is -0.493 e. The van der Waals surface area contributed by atoms with E-state index in [9.17, 15) is 14.0 Å². The van der Waals surface area contributed by atoms with Crippen LogP contribution in [0, 0.1) is 12.7 Å². The predicted octanol–water partition coefficient (Wildman–Crippen LogP) is 4.40. The van der Waals surface area contributed by atoms with Gasteiger partial charge in [-0.2, -0.15) is 0 Å². The summed E-state index contributed by atoms with van der Waals surface area (Å²) < 4.78 is 34.5. The summed E-state index contributed by atoms with van der Waals surface area (Å²) in [6, 6.07) is 17.5. The first-order chi connectivity index (χ1) is 15.9. The van der Waals surface area contributed by atoms with Gasteiger partial charge in [0, 0.05) is 5.69 Å². The molecule has 0 unspecified atom stereocenters. The van der Waals surface area contributed by atoms with Crippen LogP contribution in [-0.4, -0.2) is 38.8 Å². The van der Waals surface area contributed by atoms with Crippen molar-refractivity contribution in [3.63, 3.8) is 0 Å². The highest BCUT2D eigenvalue weighted by atomic mass is 19.1. The van der Waals surface area contributed by atoms with Crippen LogP contribution in [-0.2, 0) is 9.53 Å². The Hall–Kier alpha value is -4.07. The molecule has 7 nitrogen and oxygen atoms in total. The summed E-state index contributed by atoms with van der Waals surface area (Å²) in [6.45, 7) is 1.97. The van der Waals surface area contributed by atoms with Crippen molar-refractivity contribution < 1.29 is 32.9 Å². The maximum Gasteiger partial charge on any atom is 0.338 e. The van der Waals surface area contributed by atoms with E-state index in [0.717, 1.165) is 5.56 Å². The number of aryl methyl sites for hydroxylation is 1. The lowest BCUT2D eigenvalue weighted by Crippen LogP contribution is -2.20. The Balaban J connectivity index is 1.49. The normalized spacial score (nSPS) is 10.3. The van der Waals surface area contributed by atoms with Gasteiger partial charge in [-0.05, 0) is 67.1 Å². The number of amides is 1. The van der Waals surface area contributed by atoms with Crippen molar-refractivity contribution >= 4 is 17.6 Å². The zero-order valence-corrected chi connectivity index (χ0v) is 18.3. The molecule has 3 rings (SSSR count). The number of nitrogens with one attached hydrogen (secondary N) is 1. The molecule has 0 bridgehead atoms. The van der Waals surface area contributed by atoms with E-state index in [1.54, 1.807) is 0 Å². The molecule has 0 atom stereocenters. The van der Waals surface area contributed by atoms with E-state index < -0.39 is 17.7 Å². The summed E-state index contributed by atoms with van der Waals surface area (Å²) in [6.07, 6.45) is 0. The van der Waals surface area contributed by atoms with E-state index in [4.69, 9.17) is 18.9 Å². The average molecular weight is 453 g/mol. The lowest BCUT2D eigenvalue weighted by Gasteiger charge is -2.12. The molecule has 0 aliphatic carbocycles. The molecule has 8 heteroatoms. The Morgan fingerprint density at radius 1 is 0.909 bits per heavy atom. The van der Waals surface area contributed by atoms with E-state index in [0.29, 0.717) is 11.4 Å². The summed E-state index contributed by atoms with van der Waals surface area (Å²) in [7, 11) is 1.42. The molecule has 0 fully saturated rings. The number of methoxy groups -OCH3 is 1. The molecule has 0 aliphatic rings. The fourth-order valence-electron chi connectivity index (χ4n) is 2.87. The standard InChI is InChI=1S/C25H24FNO6/c1-17-4-3-5-21(14-17)31-12-13-32-25(29)18-6-11-22(23(15-18)30-2)33-16-24(28)27-20-9-7-19(26)8-10-20/h3-11,14-15H,12-13,16H2,1-2H3,(H,27,28). The van der Waals surface area contributed by atoms with Gasteiger partial charge in [0.1, 0.15) is 24.8 Å². The van der Waals surface area contributed by atoms with Gasteiger partial charge in [-0.3, -0.25) is 4.79 Å². The van der Waals surface area contributed by atoms with Crippen LogP contribution < -0.4 is 19.5 Å². The number of hydrogen-bond acceptors (Lipinski definition) is 6. The van der Waals surface area contributed by atoms with Crippen molar-refractivity contribution in [2.75, 3.05) is 32.2 Å². The molecule has 1 N–H and O–H groups in total. The highest BCUT2D eigenvalue weighted by Crippen LogP contribution is 2.28. The van der Waals surface area contributed by atoms with E-state index >= 15 is 0 Å². The van der Waals surface area contributed by atoms with Crippen molar-refractivity contribution in [2.45, 2.75) is 6.92 Å². The molecule has 172 valence electrons. The Bertz CT molecular complexity index is 1100. The number of halogens is 1. The van der Waals surface area contributed by atoms with Gasteiger partial charge in [0.15, 0.2) is 18.1 Å². The average Bonchev–Trinajstić information content (AvgIpc) is 2.81. The van der Waals surface area contributed by atoms with E-state index in [2.05, 4.69) is 5.32 Å². The summed E-state index contributed by atoms with van der Waals surface area (Å²) in [5.74, 6) is -0.104. The molecule has 0 saturated heterocycles. The zero-order chi connectivity index (χ0) is 23.6. The third-order valence-corrected chi connectivity index (χ3v) is 4.46. The molecule has 33 heavy (non-hydrogen) atoms. The molecule has 0 spiro atoms. The van der Waals surface area contributed by atoms with Gasteiger partial charge >= 0.3 is 5.97 Å². The summed E-state index contributed by atoms with van der Waals surface area (Å²) >= 11 is 0. The van der Waals surface area contributed by atoms with Gasteiger partial charge in [0.2, 0.25) is 0 Å². The van der Waals surface area contributed by atoms with Gasteiger partial charge in [-0.15, -0.1) is 0 Å². The van der Waals surface area contributed by atoms with Crippen molar-refractivity contribution in [3.05, 3.63) is 83.7 Å². The Morgan fingerprint density at radius 2 is 1.70 bits per heavy atom. The molecule has 0 aromatic heterocycles. The van der Waals surface area contributed by atoms with Crippen molar-refractivity contribution in [3.8, 4) is 17.2 Å². The molecule has 0 saturated carbocycles. The maximum atomic E-state index is 12.9. The quantitative estimate of drug-likeness (QED) is 0.362. The van der Waals surface area contributed by atoms with Crippen LogP contribution in [0.15, 0.2) is 66.7 Å². The number of carbonyl (C=O) groups excluding carboxylic acids is 2. The Kier molecular flexibility index (Phi) is 8.24. The number of carbonyl (C=O) groups is 2. The Labute approximate surface area is 191 Å². The molecule has 0 heterocycles. The molecule has 3 aromatic rings. The Morgan fingerprint density at radius 3 is 2.42 bits per heavy atom.